The van der Waals surface area contributed by atoms with Crippen molar-refractivity contribution in [2.24, 2.45) is 17.4 Å². The number of carbonyl (C=O) groups excluding carboxylic acids is 3. The van der Waals surface area contributed by atoms with Gasteiger partial charge in [-0.05, 0) is 38.1 Å². The predicted octanol–water partition coefficient (Wildman–Crippen LogP) is -1.48. The number of aliphatic carboxylic acids is 2. The molecule has 0 fully saturated rings. The van der Waals surface area contributed by atoms with Crippen molar-refractivity contribution in [3.63, 3.8) is 0 Å². The second-order valence-corrected chi connectivity index (χ2v) is 7.37. The fourth-order valence-electron chi connectivity index (χ4n) is 2.68. The normalized spacial score (nSPS) is 14.6. The van der Waals surface area contributed by atoms with Gasteiger partial charge >= 0.3 is 11.9 Å². The first kappa shape index (κ1) is 28.3. The molecule has 0 saturated carbocycles. The minimum absolute atomic E-state index is 0.0880. The van der Waals surface area contributed by atoms with Crippen LogP contribution < -0.4 is 27.4 Å². The quantitative estimate of drug-likeness (QED) is 0.138. The highest BCUT2D eigenvalue weighted by Gasteiger charge is 2.31. The molecule has 4 unspecified atom stereocenters. The van der Waals surface area contributed by atoms with Gasteiger partial charge in [0.2, 0.25) is 17.7 Å². The number of carboxylic acids is 2. The summed E-state index contributed by atoms with van der Waals surface area (Å²) in [7, 11) is 0. The van der Waals surface area contributed by atoms with Crippen LogP contribution in [0.4, 0.5) is 0 Å². The van der Waals surface area contributed by atoms with Crippen LogP contribution in [0.3, 0.4) is 0 Å². The summed E-state index contributed by atoms with van der Waals surface area (Å²) in [5, 5.41) is 24.8. The Balaban J connectivity index is 5.26. The first-order valence-corrected chi connectivity index (χ1v) is 10.3. The molecule has 0 bridgehead atoms. The van der Waals surface area contributed by atoms with E-state index in [4.69, 9.17) is 21.7 Å². The lowest BCUT2D eigenvalue weighted by Gasteiger charge is -2.27. The average molecular weight is 446 g/mol. The first-order chi connectivity index (χ1) is 14.5. The molecule has 12 heteroatoms. The molecule has 0 aliphatic heterocycles. The van der Waals surface area contributed by atoms with Gasteiger partial charge in [0.25, 0.3) is 0 Å². The molecule has 0 saturated heterocycles. The zero-order valence-corrected chi connectivity index (χ0v) is 18.1. The van der Waals surface area contributed by atoms with E-state index >= 15 is 0 Å². The second kappa shape index (κ2) is 15.1. The van der Waals surface area contributed by atoms with Crippen LogP contribution in [0.2, 0.25) is 0 Å². The third kappa shape index (κ3) is 11.9. The van der Waals surface area contributed by atoms with Crippen LogP contribution in [0.15, 0.2) is 0 Å². The van der Waals surface area contributed by atoms with E-state index in [-0.39, 0.29) is 25.2 Å². The summed E-state index contributed by atoms with van der Waals surface area (Å²) >= 11 is 0. The Labute approximate surface area is 181 Å². The molecule has 9 N–H and O–H groups in total. The van der Waals surface area contributed by atoms with E-state index in [1.165, 1.54) is 0 Å². The molecule has 178 valence electrons. The topological polar surface area (TPSA) is 214 Å². The van der Waals surface area contributed by atoms with Gasteiger partial charge in [0, 0.05) is 6.42 Å². The van der Waals surface area contributed by atoms with Crippen molar-refractivity contribution in [2.45, 2.75) is 70.5 Å². The van der Waals surface area contributed by atoms with Gasteiger partial charge in [0.15, 0.2) is 0 Å². The Bertz CT molecular complexity index is 629. The third-order valence-corrected chi connectivity index (χ3v) is 4.79. The summed E-state index contributed by atoms with van der Waals surface area (Å²) in [4.78, 5) is 58.9. The summed E-state index contributed by atoms with van der Waals surface area (Å²) in [6, 6.07) is -3.10. The number of nitrogens with one attached hydrogen (secondary N) is 3. The minimum atomic E-state index is -1.22. The maximum atomic E-state index is 12.9. The Kier molecular flexibility index (Phi) is 13.8. The Morgan fingerprint density at radius 1 is 0.903 bits per heavy atom. The largest absolute Gasteiger partial charge is 0.481 e. The summed E-state index contributed by atoms with van der Waals surface area (Å²) in [5.74, 6) is -4.55. The number of nitrogens with two attached hydrogens (primary N) is 2. The minimum Gasteiger partial charge on any atom is -0.481 e. The number of hydrogen-bond donors (Lipinski definition) is 7. The molecule has 0 aromatic heterocycles. The molecular formula is C19H35N5O7. The fraction of sp³-hybridized carbons (Fsp3) is 0.737. The van der Waals surface area contributed by atoms with Gasteiger partial charge in [0.05, 0.1) is 6.04 Å². The van der Waals surface area contributed by atoms with Crippen molar-refractivity contribution in [3.8, 4) is 0 Å². The van der Waals surface area contributed by atoms with Gasteiger partial charge in [-0.3, -0.25) is 24.0 Å². The van der Waals surface area contributed by atoms with Crippen LogP contribution >= 0.6 is 0 Å². The van der Waals surface area contributed by atoms with E-state index < -0.39 is 54.3 Å². The number of carboxylic acid groups (broad SMARTS) is 2. The molecule has 0 aromatic rings. The van der Waals surface area contributed by atoms with E-state index in [1.54, 1.807) is 6.92 Å². The van der Waals surface area contributed by atoms with Crippen molar-refractivity contribution in [2.75, 3.05) is 13.1 Å². The van der Waals surface area contributed by atoms with Crippen LogP contribution in [0.1, 0.15) is 52.4 Å². The van der Waals surface area contributed by atoms with Crippen LogP contribution in [0.5, 0.6) is 0 Å². The van der Waals surface area contributed by atoms with Crippen molar-refractivity contribution in [3.05, 3.63) is 0 Å². The van der Waals surface area contributed by atoms with Crippen LogP contribution in [-0.4, -0.2) is 71.1 Å². The number of rotatable bonds is 16. The molecule has 0 rings (SSSR count). The van der Waals surface area contributed by atoms with Crippen molar-refractivity contribution < 1.29 is 34.2 Å². The Morgan fingerprint density at radius 2 is 1.55 bits per heavy atom. The zero-order valence-electron chi connectivity index (χ0n) is 18.1. The maximum absolute atomic E-state index is 12.9. The standard InChI is InChI=1S/C19H35N5O7/c1-3-11(2)16(24-17(29)12(21)7-8-14(25)26)19(31)23-13(6-4-5-9-20)18(30)22-10-15(27)28/h11-13,16H,3-10,20-21H2,1-2H3,(H,22,30)(H,23,31)(H,24,29)(H,25,26)(H,27,28). The smallest absolute Gasteiger partial charge is 0.322 e. The molecule has 0 spiro atoms. The Hall–Kier alpha value is -2.73. The number of hydrogen-bond acceptors (Lipinski definition) is 7. The molecule has 4 atom stereocenters. The van der Waals surface area contributed by atoms with E-state index in [1.807, 2.05) is 6.92 Å². The summed E-state index contributed by atoms with van der Waals surface area (Å²) in [6.07, 6.45) is 1.54. The molecule has 0 heterocycles. The van der Waals surface area contributed by atoms with Gasteiger partial charge in [-0.2, -0.15) is 0 Å². The molecule has 0 radical (unpaired) electrons. The SMILES string of the molecule is CCC(C)C(NC(=O)C(N)CCC(=O)O)C(=O)NC(CCCCN)C(=O)NCC(=O)O. The van der Waals surface area contributed by atoms with E-state index in [0.717, 1.165) is 0 Å². The van der Waals surface area contributed by atoms with Gasteiger partial charge in [-0.1, -0.05) is 20.3 Å². The number of unbranched alkanes of at least 4 members (excludes halogenated alkanes) is 1. The van der Waals surface area contributed by atoms with Crippen LogP contribution in [0, 0.1) is 5.92 Å². The lowest BCUT2D eigenvalue weighted by atomic mass is 9.96. The average Bonchev–Trinajstić information content (AvgIpc) is 2.72. The lowest BCUT2D eigenvalue weighted by Crippen LogP contribution is -2.57. The monoisotopic (exact) mass is 445 g/mol. The molecular weight excluding hydrogens is 410 g/mol. The molecule has 31 heavy (non-hydrogen) atoms. The fourth-order valence-corrected chi connectivity index (χ4v) is 2.68. The maximum Gasteiger partial charge on any atom is 0.322 e. The van der Waals surface area contributed by atoms with Crippen LogP contribution in [0.25, 0.3) is 0 Å². The third-order valence-electron chi connectivity index (χ3n) is 4.79. The van der Waals surface area contributed by atoms with Gasteiger partial charge < -0.3 is 37.6 Å². The van der Waals surface area contributed by atoms with Crippen molar-refractivity contribution in [1.29, 1.82) is 0 Å². The van der Waals surface area contributed by atoms with Gasteiger partial charge in [-0.25, -0.2) is 0 Å². The van der Waals surface area contributed by atoms with E-state index in [0.29, 0.717) is 25.8 Å². The second-order valence-electron chi connectivity index (χ2n) is 7.37. The van der Waals surface area contributed by atoms with Crippen molar-refractivity contribution in [1.82, 2.24) is 16.0 Å². The summed E-state index contributed by atoms with van der Waals surface area (Å²) < 4.78 is 0. The molecule has 0 aliphatic carbocycles. The number of carbonyl (C=O) groups is 5. The Morgan fingerprint density at radius 3 is 2.06 bits per heavy atom. The van der Waals surface area contributed by atoms with Gasteiger partial charge in [0.1, 0.15) is 18.6 Å². The molecule has 0 aromatic carbocycles. The zero-order chi connectivity index (χ0) is 24.0. The highest BCUT2D eigenvalue weighted by atomic mass is 16.4. The van der Waals surface area contributed by atoms with Crippen molar-refractivity contribution >= 4 is 29.7 Å². The first-order valence-electron chi connectivity index (χ1n) is 10.3. The lowest BCUT2D eigenvalue weighted by molar-refractivity contribution is -0.139. The van der Waals surface area contributed by atoms with Gasteiger partial charge in [-0.15, -0.1) is 0 Å². The summed E-state index contributed by atoms with van der Waals surface area (Å²) in [5.41, 5.74) is 11.2. The van der Waals surface area contributed by atoms with E-state index in [2.05, 4.69) is 16.0 Å². The highest BCUT2D eigenvalue weighted by molar-refractivity contribution is 5.93. The summed E-state index contributed by atoms with van der Waals surface area (Å²) in [6.45, 7) is 3.37. The molecule has 0 aliphatic rings. The number of amides is 3. The molecule has 12 nitrogen and oxygen atoms in total. The highest BCUT2D eigenvalue weighted by Crippen LogP contribution is 2.10. The predicted molar refractivity (Wildman–Crippen MR) is 112 cm³/mol. The van der Waals surface area contributed by atoms with Crippen LogP contribution in [-0.2, 0) is 24.0 Å². The van der Waals surface area contributed by atoms with E-state index in [9.17, 15) is 24.0 Å². The molecule has 3 amide bonds.